The Morgan fingerprint density at radius 3 is 3.25 bits per heavy atom. The summed E-state index contributed by atoms with van der Waals surface area (Å²) in [6, 6.07) is 3.38. The third-order valence-corrected chi connectivity index (χ3v) is 2.85. The highest BCUT2D eigenvalue weighted by atomic mass is 16.5. The summed E-state index contributed by atoms with van der Waals surface area (Å²) < 4.78 is 6.93. The average molecular weight is 219 g/mol. The van der Waals surface area contributed by atoms with E-state index in [0.29, 0.717) is 5.92 Å². The molecular formula is C11H13N3O2. The zero-order valence-electron chi connectivity index (χ0n) is 8.83. The highest BCUT2D eigenvalue weighted by Gasteiger charge is 2.18. The van der Waals surface area contributed by atoms with Crippen LogP contribution in [0.3, 0.4) is 0 Å². The normalized spacial score (nSPS) is 20.6. The molecule has 5 nitrogen and oxygen atoms in total. The molecule has 1 fully saturated rings. The fraction of sp³-hybridized carbons (Fsp3) is 0.455. The minimum absolute atomic E-state index is 0.202. The minimum atomic E-state index is 0.202. The van der Waals surface area contributed by atoms with Crippen LogP contribution in [-0.2, 0) is 11.2 Å². The molecule has 1 saturated heterocycles. The Morgan fingerprint density at radius 1 is 1.50 bits per heavy atom. The van der Waals surface area contributed by atoms with Crippen molar-refractivity contribution < 1.29 is 9.84 Å². The molecule has 5 heteroatoms. The van der Waals surface area contributed by atoms with Crippen molar-refractivity contribution in [2.24, 2.45) is 5.92 Å². The number of hydrogen-bond donors (Lipinski definition) is 1. The van der Waals surface area contributed by atoms with E-state index in [4.69, 9.17) is 4.74 Å². The van der Waals surface area contributed by atoms with Gasteiger partial charge in [0, 0.05) is 19.6 Å². The molecule has 3 heterocycles. The molecule has 3 rings (SSSR count). The lowest BCUT2D eigenvalue weighted by Crippen LogP contribution is -2.05. The van der Waals surface area contributed by atoms with Crippen molar-refractivity contribution in [3.05, 3.63) is 24.2 Å². The number of ether oxygens (including phenoxy) is 1. The summed E-state index contributed by atoms with van der Waals surface area (Å²) in [6.07, 6.45) is 3.50. The number of hydrogen-bond acceptors (Lipinski definition) is 4. The van der Waals surface area contributed by atoms with Crippen molar-refractivity contribution in [3.63, 3.8) is 0 Å². The Bertz CT molecular complexity index is 503. The predicted octanol–water partition coefficient (Wildman–Crippen LogP) is 1.01. The Balaban J connectivity index is 1.86. The monoisotopic (exact) mass is 219 g/mol. The van der Waals surface area contributed by atoms with Gasteiger partial charge in [-0.3, -0.25) is 0 Å². The van der Waals surface area contributed by atoms with E-state index >= 15 is 0 Å². The van der Waals surface area contributed by atoms with Crippen molar-refractivity contribution in [3.8, 4) is 5.75 Å². The topological polar surface area (TPSA) is 59.7 Å². The first-order chi connectivity index (χ1) is 7.81. The first kappa shape index (κ1) is 9.59. The predicted molar refractivity (Wildman–Crippen MR) is 57.3 cm³/mol. The average Bonchev–Trinajstić information content (AvgIpc) is 2.86. The van der Waals surface area contributed by atoms with Crippen LogP contribution in [0, 0.1) is 5.92 Å². The summed E-state index contributed by atoms with van der Waals surface area (Å²) in [6.45, 7) is 1.65. The lowest BCUT2D eigenvalue weighted by atomic mass is 10.1. The quantitative estimate of drug-likeness (QED) is 0.819. The lowest BCUT2D eigenvalue weighted by Gasteiger charge is -2.01. The Hall–Kier alpha value is -1.62. The van der Waals surface area contributed by atoms with Crippen LogP contribution in [0.25, 0.3) is 5.65 Å². The molecular weight excluding hydrogens is 206 g/mol. The number of pyridine rings is 1. The molecule has 1 aliphatic rings. The summed E-state index contributed by atoms with van der Waals surface area (Å²) in [7, 11) is 0. The van der Waals surface area contributed by atoms with Crippen molar-refractivity contribution in [1.82, 2.24) is 14.6 Å². The molecule has 0 bridgehead atoms. The number of fused-ring (bicyclic) bond motifs is 1. The van der Waals surface area contributed by atoms with Gasteiger partial charge in [0.05, 0.1) is 6.20 Å². The summed E-state index contributed by atoms with van der Waals surface area (Å²) in [5, 5.41) is 13.6. The van der Waals surface area contributed by atoms with Gasteiger partial charge < -0.3 is 9.84 Å². The smallest absolute Gasteiger partial charge is 0.155 e. The van der Waals surface area contributed by atoms with Gasteiger partial charge in [-0.05, 0) is 24.5 Å². The maximum Gasteiger partial charge on any atom is 0.155 e. The van der Waals surface area contributed by atoms with Gasteiger partial charge in [-0.1, -0.05) is 0 Å². The molecule has 0 radical (unpaired) electrons. The van der Waals surface area contributed by atoms with Gasteiger partial charge in [-0.15, -0.1) is 0 Å². The number of nitrogens with zero attached hydrogens (tertiary/aromatic N) is 3. The van der Waals surface area contributed by atoms with Crippen molar-refractivity contribution in [2.45, 2.75) is 12.8 Å². The van der Waals surface area contributed by atoms with Gasteiger partial charge in [0.1, 0.15) is 5.75 Å². The van der Waals surface area contributed by atoms with Crippen LogP contribution in [0.1, 0.15) is 12.2 Å². The fourth-order valence-corrected chi connectivity index (χ4v) is 2.01. The van der Waals surface area contributed by atoms with E-state index in [1.165, 1.54) is 0 Å². The fourth-order valence-electron chi connectivity index (χ4n) is 2.01. The molecule has 0 aromatic carbocycles. The first-order valence-corrected chi connectivity index (χ1v) is 5.43. The van der Waals surface area contributed by atoms with E-state index in [1.807, 2.05) is 0 Å². The van der Waals surface area contributed by atoms with Gasteiger partial charge in [-0.25, -0.2) is 9.50 Å². The van der Waals surface area contributed by atoms with Crippen LogP contribution in [0.2, 0.25) is 0 Å². The molecule has 2 aromatic rings. The summed E-state index contributed by atoms with van der Waals surface area (Å²) in [5.74, 6) is 1.56. The molecule has 2 aromatic heterocycles. The zero-order valence-corrected chi connectivity index (χ0v) is 8.83. The second-order valence-electron chi connectivity index (χ2n) is 4.15. The largest absolute Gasteiger partial charge is 0.506 e. The molecule has 0 spiro atoms. The first-order valence-electron chi connectivity index (χ1n) is 5.43. The lowest BCUT2D eigenvalue weighted by molar-refractivity contribution is 0.185. The van der Waals surface area contributed by atoms with Gasteiger partial charge in [0.2, 0.25) is 0 Å². The van der Waals surface area contributed by atoms with Gasteiger partial charge >= 0.3 is 0 Å². The molecule has 1 aliphatic heterocycles. The molecule has 0 aliphatic carbocycles. The second-order valence-corrected chi connectivity index (χ2v) is 4.15. The molecule has 84 valence electrons. The Morgan fingerprint density at radius 2 is 2.44 bits per heavy atom. The van der Waals surface area contributed by atoms with E-state index in [0.717, 1.165) is 37.5 Å². The summed E-state index contributed by atoms with van der Waals surface area (Å²) >= 11 is 0. The summed E-state index contributed by atoms with van der Waals surface area (Å²) in [4.78, 5) is 4.40. The maximum atomic E-state index is 9.32. The van der Waals surface area contributed by atoms with Gasteiger partial charge in [0.15, 0.2) is 11.5 Å². The molecule has 1 atom stereocenters. The van der Waals surface area contributed by atoms with Crippen molar-refractivity contribution in [2.75, 3.05) is 13.2 Å². The van der Waals surface area contributed by atoms with Crippen LogP contribution < -0.4 is 0 Å². The molecule has 1 unspecified atom stereocenters. The zero-order chi connectivity index (χ0) is 11.0. The van der Waals surface area contributed by atoms with E-state index < -0.39 is 0 Å². The van der Waals surface area contributed by atoms with Crippen LogP contribution in [0.15, 0.2) is 18.3 Å². The number of aromatic hydroxyl groups is 1. The van der Waals surface area contributed by atoms with Crippen LogP contribution in [0.4, 0.5) is 0 Å². The second kappa shape index (κ2) is 3.75. The maximum absolute atomic E-state index is 9.32. The molecule has 1 N–H and O–H groups in total. The van der Waals surface area contributed by atoms with E-state index in [9.17, 15) is 5.11 Å². The highest BCUT2D eigenvalue weighted by Crippen LogP contribution is 2.17. The number of rotatable bonds is 2. The van der Waals surface area contributed by atoms with Gasteiger partial charge in [0.25, 0.3) is 0 Å². The van der Waals surface area contributed by atoms with E-state index in [1.54, 1.807) is 22.8 Å². The van der Waals surface area contributed by atoms with Crippen molar-refractivity contribution >= 4 is 5.65 Å². The van der Waals surface area contributed by atoms with Crippen LogP contribution in [0.5, 0.6) is 5.75 Å². The SMILES string of the molecule is Oc1ccc2nc(CC3CCOC3)nn2c1. The summed E-state index contributed by atoms with van der Waals surface area (Å²) in [5.41, 5.74) is 0.770. The third kappa shape index (κ3) is 1.74. The minimum Gasteiger partial charge on any atom is -0.506 e. The van der Waals surface area contributed by atoms with Crippen molar-refractivity contribution in [1.29, 1.82) is 0 Å². The third-order valence-electron chi connectivity index (χ3n) is 2.85. The Labute approximate surface area is 92.7 Å². The van der Waals surface area contributed by atoms with Crippen LogP contribution >= 0.6 is 0 Å². The number of aromatic nitrogens is 3. The van der Waals surface area contributed by atoms with E-state index in [-0.39, 0.29) is 5.75 Å². The highest BCUT2D eigenvalue weighted by molar-refractivity contribution is 5.40. The van der Waals surface area contributed by atoms with Crippen LogP contribution in [-0.4, -0.2) is 32.9 Å². The van der Waals surface area contributed by atoms with E-state index in [2.05, 4.69) is 10.1 Å². The Kier molecular flexibility index (Phi) is 2.25. The molecule has 16 heavy (non-hydrogen) atoms. The van der Waals surface area contributed by atoms with Gasteiger partial charge in [-0.2, -0.15) is 5.10 Å². The standard InChI is InChI=1S/C11H13N3O2/c15-9-1-2-11-12-10(13-14(11)6-9)5-8-3-4-16-7-8/h1-2,6,8,15H,3-5,7H2. The molecule has 0 amide bonds. The molecule has 0 saturated carbocycles.